The summed E-state index contributed by atoms with van der Waals surface area (Å²) in [5.74, 6) is 0. The summed E-state index contributed by atoms with van der Waals surface area (Å²) in [6, 6.07) is 4.40. The van der Waals surface area contributed by atoms with Crippen LogP contribution in [0.5, 0.6) is 0 Å². The minimum atomic E-state index is -3.87. The van der Waals surface area contributed by atoms with Crippen molar-refractivity contribution in [3.05, 3.63) is 28.8 Å². The minimum Gasteiger partial charge on any atom is -0.392 e. The fourth-order valence-electron chi connectivity index (χ4n) is 0.997. The van der Waals surface area contributed by atoms with E-state index in [-0.39, 0.29) is 15.5 Å². The van der Waals surface area contributed by atoms with Crippen LogP contribution in [0.15, 0.2) is 23.1 Å². The highest BCUT2D eigenvalue weighted by Gasteiger charge is 2.16. The molecule has 6 heteroatoms. The number of nitrogens with two attached hydrogens (primary N) is 1. The molecule has 0 aliphatic carbocycles. The van der Waals surface area contributed by atoms with Crippen LogP contribution < -0.4 is 5.14 Å². The molecule has 0 heterocycles. The topological polar surface area (TPSA) is 80.4 Å². The molecule has 0 unspecified atom stereocenters. The third-order valence-corrected chi connectivity index (χ3v) is 2.98. The monoisotopic (exact) mass is 221 g/mol. The Hall–Kier alpha value is -0.620. The third-order valence-electron chi connectivity index (χ3n) is 1.50. The summed E-state index contributed by atoms with van der Waals surface area (Å²) in [5, 5.41) is 13.8. The zero-order chi connectivity index (χ0) is 10.1. The van der Waals surface area contributed by atoms with Crippen LogP contribution >= 0.6 is 11.6 Å². The summed E-state index contributed by atoms with van der Waals surface area (Å²) in [4.78, 5) is -0.209. The highest BCUT2D eigenvalue weighted by atomic mass is 35.5. The predicted molar refractivity (Wildman–Crippen MR) is 48.7 cm³/mol. The summed E-state index contributed by atoms with van der Waals surface area (Å²) in [7, 11) is -3.87. The predicted octanol–water partition coefficient (Wildman–Crippen LogP) is 0.480. The average molecular weight is 222 g/mol. The molecule has 0 radical (unpaired) electrons. The molecule has 0 aromatic heterocycles. The molecular weight excluding hydrogens is 214 g/mol. The van der Waals surface area contributed by atoms with Crippen molar-refractivity contribution in [3.8, 4) is 0 Å². The van der Waals surface area contributed by atoms with Gasteiger partial charge < -0.3 is 5.11 Å². The summed E-state index contributed by atoms with van der Waals surface area (Å²) in [6.07, 6.45) is 0. The van der Waals surface area contributed by atoms with E-state index < -0.39 is 16.6 Å². The van der Waals surface area contributed by atoms with Gasteiger partial charge in [0.05, 0.1) is 11.6 Å². The van der Waals surface area contributed by atoms with Gasteiger partial charge in [-0.2, -0.15) is 0 Å². The van der Waals surface area contributed by atoms with Gasteiger partial charge in [-0.25, -0.2) is 13.6 Å². The van der Waals surface area contributed by atoms with Gasteiger partial charge in [-0.1, -0.05) is 23.7 Å². The van der Waals surface area contributed by atoms with Crippen molar-refractivity contribution in [3.63, 3.8) is 0 Å². The van der Waals surface area contributed by atoms with Crippen molar-refractivity contribution in [1.29, 1.82) is 0 Å². The highest BCUT2D eigenvalue weighted by Crippen LogP contribution is 2.23. The van der Waals surface area contributed by atoms with Crippen LogP contribution in [0.2, 0.25) is 5.02 Å². The van der Waals surface area contributed by atoms with Crippen LogP contribution in [0, 0.1) is 0 Å². The molecule has 0 bridgehead atoms. The molecule has 0 saturated carbocycles. The fourth-order valence-corrected chi connectivity index (χ4v) is 2.35. The first-order valence-electron chi connectivity index (χ1n) is 3.38. The van der Waals surface area contributed by atoms with Gasteiger partial charge in [0.15, 0.2) is 0 Å². The number of aliphatic hydroxyl groups excluding tert-OH is 1. The fraction of sp³-hybridized carbons (Fsp3) is 0.143. The van der Waals surface area contributed by atoms with E-state index in [0.717, 1.165) is 0 Å². The maximum Gasteiger partial charge on any atom is 0.239 e. The number of hydrogen-bond donors (Lipinski definition) is 2. The molecule has 0 spiro atoms. The first-order chi connectivity index (χ1) is 5.96. The Morgan fingerprint density at radius 2 is 2.08 bits per heavy atom. The largest absolute Gasteiger partial charge is 0.392 e. The lowest BCUT2D eigenvalue weighted by molar-refractivity contribution is 0.278. The Bertz CT molecular complexity index is 416. The van der Waals surface area contributed by atoms with Crippen molar-refractivity contribution in [2.45, 2.75) is 11.5 Å². The number of rotatable bonds is 2. The van der Waals surface area contributed by atoms with Crippen LogP contribution in [-0.4, -0.2) is 13.5 Å². The van der Waals surface area contributed by atoms with Crippen molar-refractivity contribution in [2.24, 2.45) is 5.14 Å². The molecule has 13 heavy (non-hydrogen) atoms. The molecule has 72 valence electrons. The van der Waals surface area contributed by atoms with Crippen LogP contribution in [0.1, 0.15) is 5.56 Å². The number of benzene rings is 1. The third kappa shape index (κ3) is 2.19. The zero-order valence-corrected chi connectivity index (χ0v) is 8.14. The molecule has 1 rings (SSSR count). The lowest BCUT2D eigenvalue weighted by Gasteiger charge is -2.06. The molecule has 0 amide bonds. The lowest BCUT2D eigenvalue weighted by Crippen LogP contribution is -2.15. The van der Waals surface area contributed by atoms with E-state index in [1.165, 1.54) is 12.1 Å². The molecule has 0 fully saturated rings. The molecule has 0 saturated heterocycles. The van der Waals surface area contributed by atoms with E-state index in [0.29, 0.717) is 0 Å². The van der Waals surface area contributed by atoms with E-state index in [9.17, 15) is 8.42 Å². The molecule has 0 aliphatic rings. The van der Waals surface area contributed by atoms with Crippen LogP contribution in [0.3, 0.4) is 0 Å². The van der Waals surface area contributed by atoms with Crippen molar-refractivity contribution >= 4 is 21.6 Å². The van der Waals surface area contributed by atoms with E-state index in [1.54, 1.807) is 6.07 Å². The molecule has 1 aromatic carbocycles. The zero-order valence-electron chi connectivity index (χ0n) is 6.57. The number of halogens is 1. The first kappa shape index (κ1) is 10.5. The maximum absolute atomic E-state index is 11.0. The molecule has 3 N–H and O–H groups in total. The maximum atomic E-state index is 11.0. The van der Waals surface area contributed by atoms with E-state index in [1.807, 2.05) is 0 Å². The van der Waals surface area contributed by atoms with Crippen LogP contribution in [0.25, 0.3) is 0 Å². The van der Waals surface area contributed by atoms with E-state index in [2.05, 4.69) is 0 Å². The Morgan fingerprint density at radius 3 is 2.46 bits per heavy atom. The quantitative estimate of drug-likeness (QED) is 0.762. The molecule has 0 atom stereocenters. The van der Waals surface area contributed by atoms with Crippen LogP contribution in [0.4, 0.5) is 0 Å². The summed E-state index contributed by atoms with van der Waals surface area (Å²) in [6.45, 7) is -0.410. The van der Waals surface area contributed by atoms with Gasteiger partial charge in [0.1, 0.15) is 4.90 Å². The molecule has 4 nitrogen and oxygen atoms in total. The Morgan fingerprint density at radius 1 is 1.46 bits per heavy atom. The number of primary sulfonamides is 1. The molecular formula is C7H8ClNO3S. The summed E-state index contributed by atoms with van der Waals surface area (Å²) in [5.41, 5.74) is 0.204. The minimum absolute atomic E-state index is 0.0223. The van der Waals surface area contributed by atoms with Crippen molar-refractivity contribution < 1.29 is 13.5 Å². The van der Waals surface area contributed by atoms with Gasteiger partial charge in [-0.3, -0.25) is 0 Å². The summed E-state index contributed by atoms with van der Waals surface area (Å²) < 4.78 is 22.0. The van der Waals surface area contributed by atoms with Gasteiger partial charge in [-0.15, -0.1) is 0 Å². The van der Waals surface area contributed by atoms with Gasteiger partial charge in [-0.05, 0) is 11.6 Å². The Balaban J connectivity index is 3.50. The van der Waals surface area contributed by atoms with Gasteiger partial charge in [0.2, 0.25) is 10.0 Å². The number of sulfonamides is 1. The second kappa shape index (κ2) is 3.63. The SMILES string of the molecule is NS(=O)(=O)c1c(Cl)cccc1CO. The second-order valence-electron chi connectivity index (χ2n) is 2.43. The van der Waals surface area contributed by atoms with Gasteiger partial charge in [0.25, 0.3) is 0 Å². The first-order valence-corrected chi connectivity index (χ1v) is 5.30. The normalized spacial score (nSPS) is 11.6. The average Bonchev–Trinajstić information content (AvgIpc) is 2.01. The lowest BCUT2D eigenvalue weighted by atomic mass is 10.2. The van der Waals surface area contributed by atoms with Crippen LogP contribution in [-0.2, 0) is 16.6 Å². The number of aliphatic hydroxyl groups is 1. The van der Waals surface area contributed by atoms with Gasteiger partial charge >= 0.3 is 0 Å². The van der Waals surface area contributed by atoms with Gasteiger partial charge in [0, 0.05) is 0 Å². The molecule has 1 aromatic rings. The Labute approximate surface area is 81.0 Å². The Kier molecular flexibility index (Phi) is 2.92. The second-order valence-corrected chi connectivity index (χ2v) is 4.34. The number of hydrogen-bond acceptors (Lipinski definition) is 3. The smallest absolute Gasteiger partial charge is 0.239 e. The summed E-state index contributed by atoms with van der Waals surface area (Å²) >= 11 is 5.62. The van der Waals surface area contributed by atoms with E-state index >= 15 is 0 Å². The molecule has 0 aliphatic heterocycles. The van der Waals surface area contributed by atoms with E-state index in [4.69, 9.17) is 21.8 Å². The van der Waals surface area contributed by atoms with Crippen molar-refractivity contribution in [2.75, 3.05) is 0 Å². The standard InChI is InChI=1S/C7H8ClNO3S/c8-6-3-1-2-5(4-10)7(6)13(9,11)12/h1-3,10H,4H2,(H2,9,11,12). The highest BCUT2D eigenvalue weighted by molar-refractivity contribution is 7.89. The van der Waals surface area contributed by atoms with Crippen molar-refractivity contribution in [1.82, 2.24) is 0 Å².